The van der Waals surface area contributed by atoms with E-state index in [2.05, 4.69) is 31.2 Å². The van der Waals surface area contributed by atoms with E-state index < -0.39 is 0 Å². The zero-order valence-corrected chi connectivity index (χ0v) is 16.2. The predicted molar refractivity (Wildman–Crippen MR) is 105 cm³/mol. The second kappa shape index (κ2) is 7.70. The third-order valence-electron chi connectivity index (χ3n) is 3.19. The number of anilines is 2. The minimum atomic E-state index is -0.276. The Hall–Kier alpha value is -2.66. The summed E-state index contributed by atoms with van der Waals surface area (Å²) in [5.41, 5.74) is 6.81. The molecule has 3 rings (SSSR count). The van der Waals surface area contributed by atoms with Crippen molar-refractivity contribution in [1.82, 2.24) is 9.97 Å². The van der Waals surface area contributed by atoms with Crippen LogP contribution in [0.3, 0.4) is 0 Å². The van der Waals surface area contributed by atoms with Crippen molar-refractivity contribution in [3.63, 3.8) is 0 Å². The molecular formula is C16H9BrN6OS2. The standard InChI is InChI=1S/C16H9BrN6OS2/c17-10-1-2-11-12(4-10)26-16(21-11)22-13(24)7-25-15-9(6-19)3-8(5-18)14(20)23-15/h1-4H,7H2,(H2,20,23)(H,21,22,24). The first-order valence-electron chi connectivity index (χ1n) is 7.09. The molecule has 1 aromatic carbocycles. The Balaban J connectivity index is 1.70. The molecule has 26 heavy (non-hydrogen) atoms. The number of nitrogen functional groups attached to an aromatic ring is 1. The van der Waals surface area contributed by atoms with E-state index >= 15 is 0 Å². The molecule has 10 heteroatoms. The Morgan fingerprint density at radius 2 is 2.04 bits per heavy atom. The quantitative estimate of drug-likeness (QED) is 0.588. The zero-order chi connectivity index (χ0) is 18.7. The third-order valence-corrected chi connectivity index (χ3v) is 5.61. The van der Waals surface area contributed by atoms with Gasteiger partial charge in [-0.2, -0.15) is 10.5 Å². The number of carbonyl (C=O) groups excluding carboxylic acids is 1. The van der Waals surface area contributed by atoms with Crippen molar-refractivity contribution in [2.75, 3.05) is 16.8 Å². The van der Waals surface area contributed by atoms with Gasteiger partial charge in [0.05, 0.1) is 27.1 Å². The molecule has 2 aromatic heterocycles. The summed E-state index contributed by atoms with van der Waals surface area (Å²) in [7, 11) is 0. The topological polar surface area (TPSA) is 128 Å². The highest BCUT2D eigenvalue weighted by Gasteiger charge is 2.13. The lowest BCUT2D eigenvalue weighted by molar-refractivity contribution is -0.113. The fourth-order valence-corrected chi connectivity index (χ4v) is 4.23. The summed E-state index contributed by atoms with van der Waals surface area (Å²) < 4.78 is 1.89. The SMILES string of the molecule is N#Cc1cc(C#N)c(SCC(=O)Nc2nc3ccc(Br)cc3s2)nc1N. The molecule has 1 amide bonds. The number of hydrogen-bond donors (Lipinski definition) is 2. The summed E-state index contributed by atoms with van der Waals surface area (Å²) in [5.74, 6) is -0.208. The number of nitrogens with one attached hydrogen (secondary N) is 1. The van der Waals surface area contributed by atoms with Gasteiger partial charge in [-0.15, -0.1) is 0 Å². The first-order valence-corrected chi connectivity index (χ1v) is 9.69. The van der Waals surface area contributed by atoms with Crippen LogP contribution in [-0.4, -0.2) is 21.6 Å². The number of pyridine rings is 1. The van der Waals surface area contributed by atoms with E-state index in [0.29, 0.717) is 10.2 Å². The molecule has 3 N–H and O–H groups in total. The molecule has 0 radical (unpaired) electrons. The molecule has 0 bridgehead atoms. The average Bonchev–Trinajstić information content (AvgIpc) is 3.01. The molecule has 0 saturated heterocycles. The molecule has 2 heterocycles. The van der Waals surface area contributed by atoms with E-state index in [1.165, 1.54) is 17.4 Å². The molecule has 128 valence electrons. The van der Waals surface area contributed by atoms with Crippen LogP contribution in [0.4, 0.5) is 10.9 Å². The van der Waals surface area contributed by atoms with Crippen molar-refractivity contribution in [3.05, 3.63) is 39.9 Å². The summed E-state index contributed by atoms with van der Waals surface area (Å²) in [6.45, 7) is 0. The molecule has 0 fully saturated rings. The van der Waals surface area contributed by atoms with Crippen molar-refractivity contribution in [3.8, 4) is 12.1 Å². The van der Waals surface area contributed by atoms with Gasteiger partial charge in [0.15, 0.2) is 5.13 Å². The maximum atomic E-state index is 12.2. The van der Waals surface area contributed by atoms with Crippen LogP contribution in [0.25, 0.3) is 10.2 Å². The number of halogens is 1. The average molecular weight is 445 g/mol. The molecule has 0 aliphatic carbocycles. The highest BCUT2D eigenvalue weighted by Crippen LogP contribution is 2.29. The molecule has 3 aromatic rings. The number of fused-ring (bicyclic) bond motifs is 1. The lowest BCUT2D eigenvalue weighted by Gasteiger charge is -2.05. The summed E-state index contributed by atoms with van der Waals surface area (Å²) in [4.78, 5) is 20.6. The summed E-state index contributed by atoms with van der Waals surface area (Å²) >= 11 is 5.84. The van der Waals surface area contributed by atoms with Gasteiger partial charge in [-0.1, -0.05) is 39.0 Å². The molecule has 0 saturated carbocycles. The second-order valence-electron chi connectivity index (χ2n) is 4.97. The molecule has 0 aliphatic heterocycles. The van der Waals surface area contributed by atoms with Crippen molar-refractivity contribution >= 4 is 66.1 Å². The minimum Gasteiger partial charge on any atom is -0.383 e. The fraction of sp³-hybridized carbons (Fsp3) is 0.0625. The number of thioether (sulfide) groups is 1. The predicted octanol–water partition coefficient (Wildman–Crippen LogP) is 3.51. The summed E-state index contributed by atoms with van der Waals surface area (Å²) in [5, 5.41) is 21.6. The minimum absolute atomic E-state index is 0.0335. The van der Waals surface area contributed by atoms with Gasteiger partial charge in [0.2, 0.25) is 5.91 Å². The summed E-state index contributed by atoms with van der Waals surface area (Å²) in [6.07, 6.45) is 0. The molecular weight excluding hydrogens is 436 g/mol. The number of nitrogens with two attached hydrogens (primary N) is 1. The van der Waals surface area contributed by atoms with Crippen molar-refractivity contribution < 1.29 is 4.79 Å². The summed E-state index contributed by atoms with van der Waals surface area (Å²) in [6, 6.07) is 10.9. The first-order chi connectivity index (χ1) is 12.5. The van der Waals surface area contributed by atoms with Gasteiger partial charge in [0.1, 0.15) is 23.0 Å². The van der Waals surface area contributed by atoms with Crippen LogP contribution in [0.5, 0.6) is 0 Å². The van der Waals surface area contributed by atoms with Crippen molar-refractivity contribution in [2.24, 2.45) is 0 Å². The van der Waals surface area contributed by atoms with Crippen LogP contribution >= 0.6 is 39.0 Å². The van der Waals surface area contributed by atoms with Crippen LogP contribution in [0.2, 0.25) is 0 Å². The number of hydrogen-bond acceptors (Lipinski definition) is 8. The van der Waals surface area contributed by atoms with Gasteiger partial charge in [-0.3, -0.25) is 4.79 Å². The monoisotopic (exact) mass is 444 g/mol. The van der Waals surface area contributed by atoms with E-state index in [0.717, 1.165) is 26.5 Å². The van der Waals surface area contributed by atoms with Gasteiger partial charge < -0.3 is 11.1 Å². The van der Waals surface area contributed by atoms with Crippen LogP contribution in [-0.2, 0) is 4.79 Å². The smallest absolute Gasteiger partial charge is 0.236 e. The van der Waals surface area contributed by atoms with Gasteiger partial charge in [-0.25, -0.2) is 9.97 Å². The highest BCUT2D eigenvalue weighted by atomic mass is 79.9. The number of benzene rings is 1. The Kier molecular flexibility index (Phi) is 5.38. The number of aromatic nitrogens is 2. The maximum Gasteiger partial charge on any atom is 0.236 e. The molecule has 7 nitrogen and oxygen atoms in total. The highest BCUT2D eigenvalue weighted by molar-refractivity contribution is 9.10. The largest absolute Gasteiger partial charge is 0.383 e. The van der Waals surface area contributed by atoms with Gasteiger partial charge in [0, 0.05) is 4.47 Å². The van der Waals surface area contributed by atoms with Gasteiger partial charge in [-0.05, 0) is 24.3 Å². The van der Waals surface area contributed by atoms with Gasteiger partial charge in [0.25, 0.3) is 0 Å². The van der Waals surface area contributed by atoms with Crippen LogP contribution in [0.1, 0.15) is 11.1 Å². The molecule has 0 unspecified atom stereocenters. The normalized spacial score (nSPS) is 10.3. The van der Waals surface area contributed by atoms with Crippen LogP contribution in [0, 0.1) is 22.7 Å². The fourth-order valence-electron chi connectivity index (χ4n) is 2.03. The van der Waals surface area contributed by atoms with E-state index in [1.54, 1.807) is 0 Å². The van der Waals surface area contributed by atoms with E-state index in [-0.39, 0.29) is 28.6 Å². The van der Waals surface area contributed by atoms with E-state index in [1.807, 2.05) is 30.3 Å². The van der Waals surface area contributed by atoms with Gasteiger partial charge >= 0.3 is 0 Å². The Labute approximate surface area is 165 Å². The second-order valence-corrected chi connectivity index (χ2v) is 7.88. The first kappa shape index (κ1) is 18.1. The number of amides is 1. The van der Waals surface area contributed by atoms with E-state index in [9.17, 15) is 4.79 Å². The Bertz CT molecular complexity index is 1100. The number of thiazole rings is 1. The maximum absolute atomic E-state index is 12.2. The van der Waals surface area contributed by atoms with Crippen molar-refractivity contribution in [1.29, 1.82) is 10.5 Å². The van der Waals surface area contributed by atoms with E-state index in [4.69, 9.17) is 16.3 Å². The number of nitrogens with zero attached hydrogens (tertiary/aromatic N) is 4. The molecule has 0 atom stereocenters. The van der Waals surface area contributed by atoms with Crippen LogP contribution < -0.4 is 11.1 Å². The molecule has 0 aliphatic rings. The Morgan fingerprint density at radius 1 is 1.27 bits per heavy atom. The lowest BCUT2D eigenvalue weighted by atomic mass is 10.2. The number of carbonyl (C=O) groups is 1. The Morgan fingerprint density at radius 3 is 2.77 bits per heavy atom. The number of rotatable bonds is 4. The van der Waals surface area contributed by atoms with Crippen LogP contribution in [0.15, 0.2) is 33.8 Å². The molecule has 0 spiro atoms. The van der Waals surface area contributed by atoms with Crippen molar-refractivity contribution in [2.45, 2.75) is 5.03 Å². The zero-order valence-electron chi connectivity index (χ0n) is 13.0. The number of nitriles is 2. The lowest BCUT2D eigenvalue weighted by Crippen LogP contribution is -2.14. The third kappa shape index (κ3) is 3.94.